The van der Waals surface area contributed by atoms with E-state index in [1.165, 1.54) is 13.0 Å². The Balaban J connectivity index is 2.14. The van der Waals surface area contributed by atoms with E-state index >= 15 is 0 Å². The molecule has 1 fully saturated rings. The van der Waals surface area contributed by atoms with Crippen molar-refractivity contribution in [1.82, 2.24) is 9.80 Å². The summed E-state index contributed by atoms with van der Waals surface area (Å²) in [6.07, 6.45) is 2.34. The third kappa shape index (κ3) is 5.47. The highest BCUT2D eigenvalue weighted by molar-refractivity contribution is 4.69. The van der Waals surface area contributed by atoms with Crippen molar-refractivity contribution in [3.05, 3.63) is 0 Å². The number of nitrogens with zero attached hydrogens (tertiary/aromatic N) is 2. The summed E-state index contributed by atoms with van der Waals surface area (Å²) >= 11 is 0. The Morgan fingerprint density at radius 3 is 2.33 bits per heavy atom. The number of rotatable bonds is 6. The van der Waals surface area contributed by atoms with Gasteiger partial charge in [-0.05, 0) is 25.9 Å². The molecular formula is C11H24N2O2. The summed E-state index contributed by atoms with van der Waals surface area (Å²) < 4.78 is 5.05. The maximum atomic E-state index is 8.88. The van der Waals surface area contributed by atoms with Gasteiger partial charge in [0.2, 0.25) is 0 Å². The Bertz CT molecular complexity index is 156. The van der Waals surface area contributed by atoms with Crippen LogP contribution in [0.4, 0.5) is 0 Å². The van der Waals surface area contributed by atoms with E-state index in [1.807, 2.05) is 0 Å². The van der Waals surface area contributed by atoms with E-state index in [0.29, 0.717) is 0 Å². The molecule has 4 heteroatoms. The van der Waals surface area contributed by atoms with Gasteiger partial charge in [0, 0.05) is 39.9 Å². The third-order valence-electron chi connectivity index (χ3n) is 2.92. The number of β-amino-alcohol motifs (C(OH)–C–C–N with tert-alkyl or cyclic N) is 1. The maximum Gasteiger partial charge on any atom is 0.0558 e. The topological polar surface area (TPSA) is 35.9 Å². The molecule has 0 atom stereocenters. The van der Waals surface area contributed by atoms with Gasteiger partial charge in [-0.3, -0.25) is 4.90 Å². The second-order valence-electron chi connectivity index (χ2n) is 4.11. The smallest absolute Gasteiger partial charge is 0.0558 e. The summed E-state index contributed by atoms with van der Waals surface area (Å²) in [6, 6.07) is 0. The highest BCUT2D eigenvalue weighted by atomic mass is 16.5. The standard InChI is InChI=1S/C11H24N2O2/c1-15-11-3-6-12-4-2-5-13(8-7-12)9-10-14/h14H,2-11H2,1H3. The van der Waals surface area contributed by atoms with Crippen LogP contribution < -0.4 is 0 Å². The molecule has 1 heterocycles. The summed E-state index contributed by atoms with van der Waals surface area (Å²) in [5.74, 6) is 0. The number of methoxy groups -OCH3 is 1. The van der Waals surface area contributed by atoms with Gasteiger partial charge in [0.25, 0.3) is 0 Å². The van der Waals surface area contributed by atoms with Crippen molar-refractivity contribution in [3.63, 3.8) is 0 Å². The molecule has 0 bridgehead atoms. The zero-order chi connectivity index (χ0) is 10.9. The Morgan fingerprint density at radius 1 is 1.07 bits per heavy atom. The summed E-state index contributed by atoms with van der Waals surface area (Å²) in [5, 5.41) is 8.88. The van der Waals surface area contributed by atoms with E-state index in [-0.39, 0.29) is 6.61 Å². The fraction of sp³-hybridized carbons (Fsp3) is 1.00. The fourth-order valence-corrected chi connectivity index (χ4v) is 2.05. The van der Waals surface area contributed by atoms with E-state index in [0.717, 1.165) is 45.8 Å². The molecule has 0 unspecified atom stereocenters. The Kier molecular flexibility index (Phi) is 6.92. The lowest BCUT2D eigenvalue weighted by atomic mass is 10.3. The van der Waals surface area contributed by atoms with Crippen LogP contribution in [-0.4, -0.2) is 74.5 Å². The average Bonchev–Trinajstić information content (AvgIpc) is 2.45. The van der Waals surface area contributed by atoms with Crippen molar-refractivity contribution < 1.29 is 9.84 Å². The second kappa shape index (κ2) is 8.05. The predicted octanol–water partition coefficient (Wildman–Crippen LogP) is 0.0229. The third-order valence-corrected chi connectivity index (χ3v) is 2.92. The molecule has 1 aliphatic rings. The Hall–Kier alpha value is -0.160. The molecule has 90 valence electrons. The summed E-state index contributed by atoms with van der Waals surface area (Å²) in [4.78, 5) is 4.84. The van der Waals surface area contributed by atoms with Crippen LogP contribution in [0.1, 0.15) is 12.8 Å². The van der Waals surface area contributed by atoms with E-state index < -0.39 is 0 Å². The van der Waals surface area contributed by atoms with Crippen molar-refractivity contribution >= 4 is 0 Å². The van der Waals surface area contributed by atoms with Crippen molar-refractivity contribution in [2.75, 3.05) is 59.6 Å². The van der Waals surface area contributed by atoms with Crippen LogP contribution in [-0.2, 0) is 4.74 Å². The molecule has 0 aromatic carbocycles. The summed E-state index contributed by atoms with van der Waals surface area (Å²) in [6.45, 7) is 7.64. The van der Waals surface area contributed by atoms with Crippen LogP contribution in [0.3, 0.4) is 0 Å². The van der Waals surface area contributed by atoms with Gasteiger partial charge in [0.1, 0.15) is 0 Å². The van der Waals surface area contributed by atoms with Gasteiger partial charge in [-0.25, -0.2) is 0 Å². The summed E-state index contributed by atoms with van der Waals surface area (Å²) in [5.41, 5.74) is 0. The second-order valence-corrected chi connectivity index (χ2v) is 4.11. The first-order chi connectivity index (χ1) is 7.36. The highest BCUT2D eigenvalue weighted by Gasteiger charge is 2.13. The van der Waals surface area contributed by atoms with E-state index in [2.05, 4.69) is 9.80 Å². The van der Waals surface area contributed by atoms with E-state index in [9.17, 15) is 0 Å². The number of ether oxygens (including phenoxy) is 1. The molecule has 4 nitrogen and oxygen atoms in total. The molecule has 1 saturated heterocycles. The van der Waals surface area contributed by atoms with Crippen LogP contribution in [0.25, 0.3) is 0 Å². The molecule has 1 aliphatic heterocycles. The zero-order valence-electron chi connectivity index (χ0n) is 9.82. The van der Waals surface area contributed by atoms with Crippen LogP contribution in [0.2, 0.25) is 0 Å². The normalized spacial score (nSPS) is 20.4. The maximum absolute atomic E-state index is 8.88. The molecule has 0 saturated carbocycles. The SMILES string of the molecule is COCCCN1CCCN(CCO)CC1. The van der Waals surface area contributed by atoms with Crippen LogP contribution in [0.5, 0.6) is 0 Å². The number of hydrogen-bond donors (Lipinski definition) is 1. The molecule has 0 aromatic heterocycles. The van der Waals surface area contributed by atoms with Gasteiger partial charge in [0.15, 0.2) is 0 Å². The van der Waals surface area contributed by atoms with Crippen LogP contribution in [0, 0.1) is 0 Å². The van der Waals surface area contributed by atoms with Crippen molar-refractivity contribution in [1.29, 1.82) is 0 Å². The minimum Gasteiger partial charge on any atom is -0.395 e. The molecule has 1 rings (SSSR count). The van der Waals surface area contributed by atoms with Crippen molar-refractivity contribution in [2.24, 2.45) is 0 Å². The quantitative estimate of drug-likeness (QED) is 0.635. The summed E-state index contributed by atoms with van der Waals surface area (Å²) in [7, 11) is 1.76. The molecule has 0 radical (unpaired) electrons. The monoisotopic (exact) mass is 216 g/mol. The number of hydrogen-bond acceptors (Lipinski definition) is 4. The largest absolute Gasteiger partial charge is 0.395 e. The molecule has 0 amide bonds. The Morgan fingerprint density at radius 2 is 1.73 bits per heavy atom. The first-order valence-corrected chi connectivity index (χ1v) is 5.91. The van der Waals surface area contributed by atoms with Gasteiger partial charge in [-0.15, -0.1) is 0 Å². The minimum atomic E-state index is 0.281. The van der Waals surface area contributed by atoms with Gasteiger partial charge in [-0.2, -0.15) is 0 Å². The molecule has 1 N–H and O–H groups in total. The molecular weight excluding hydrogens is 192 g/mol. The van der Waals surface area contributed by atoms with Crippen molar-refractivity contribution in [2.45, 2.75) is 12.8 Å². The molecule has 0 spiro atoms. The lowest BCUT2D eigenvalue weighted by molar-refractivity contribution is 0.169. The van der Waals surface area contributed by atoms with Gasteiger partial charge >= 0.3 is 0 Å². The zero-order valence-corrected chi connectivity index (χ0v) is 9.82. The molecule has 15 heavy (non-hydrogen) atoms. The lowest BCUT2D eigenvalue weighted by Gasteiger charge is -2.20. The first-order valence-electron chi connectivity index (χ1n) is 5.91. The van der Waals surface area contributed by atoms with Gasteiger partial charge in [-0.1, -0.05) is 0 Å². The fourth-order valence-electron chi connectivity index (χ4n) is 2.05. The van der Waals surface area contributed by atoms with Gasteiger partial charge < -0.3 is 14.7 Å². The predicted molar refractivity (Wildman–Crippen MR) is 61.1 cm³/mol. The van der Waals surface area contributed by atoms with Crippen LogP contribution in [0.15, 0.2) is 0 Å². The minimum absolute atomic E-state index is 0.281. The van der Waals surface area contributed by atoms with E-state index in [1.54, 1.807) is 7.11 Å². The Labute approximate surface area is 92.8 Å². The first kappa shape index (κ1) is 12.9. The highest BCUT2D eigenvalue weighted by Crippen LogP contribution is 2.03. The molecule has 0 aromatic rings. The number of aliphatic hydroxyl groups excluding tert-OH is 1. The lowest BCUT2D eigenvalue weighted by Crippen LogP contribution is -2.33. The molecule has 0 aliphatic carbocycles. The van der Waals surface area contributed by atoms with Gasteiger partial charge in [0.05, 0.1) is 6.61 Å². The van der Waals surface area contributed by atoms with Crippen molar-refractivity contribution in [3.8, 4) is 0 Å². The van der Waals surface area contributed by atoms with Crippen LogP contribution >= 0.6 is 0 Å². The number of aliphatic hydroxyl groups is 1. The average molecular weight is 216 g/mol. The van der Waals surface area contributed by atoms with E-state index in [4.69, 9.17) is 9.84 Å².